The average Bonchev–Trinajstić information content (AvgIpc) is 3.34. The number of rotatable bonds is 4. The number of nitrogens with zero attached hydrogens (tertiary/aromatic N) is 1. The van der Waals surface area contributed by atoms with Crippen LogP contribution in [0.15, 0.2) is 59.5 Å². The van der Waals surface area contributed by atoms with Gasteiger partial charge in [-0.3, -0.25) is 14.5 Å². The van der Waals surface area contributed by atoms with Gasteiger partial charge >= 0.3 is 0 Å². The maximum atomic E-state index is 13.1. The quantitative estimate of drug-likeness (QED) is 0.261. The average molecular weight is 495 g/mol. The number of ether oxygens (including phenoxy) is 1. The van der Waals surface area contributed by atoms with Gasteiger partial charge in [-0.2, -0.15) is 0 Å². The van der Waals surface area contributed by atoms with Crippen molar-refractivity contribution in [1.29, 1.82) is 0 Å². The second-order valence-electron chi connectivity index (χ2n) is 6.63. The van der Waals surface area contributed by atoms with Crippen molar-refractivity contribution < 1.29 is 19.4 Å². The summed E-state index contributed by atoms with van der Waals surface area (Å²) >= 11 is 19.8. The first-order valence-corrected chi connectivity index (χ1v) is 11.0. The molecule has 4 rings (SSSR count). The zero-order valence-electron chi connectivity index (χ0n) is 15.9. The summed E-state index contributed by atoms with van der Waals surface area (Å²) in [6, 6.07) is 12.2. The fourth-order valence-electron chi connectivity index (χ4n) is 3.53. The van der Waals surface area contributed by atoms with E-state index in [1.165, 1.54) is 35.5 Å². The molecule has 5 nitrogen and oxygen atoms in total. The fourth-order valence-corrected chi connectivity index (χ4v) is 5.11. The van der Waals surface area contributed by atoms with E-state index in [0.717, 1.165) is 0 Å². The number of anilines is 1. The van der Waals surface area contributed by atoms with E-state index >= 15 is 0 Å². The van der Waals surface area contributed by atoms with Gasteiger partial charge in [0.2, 0.25) is 0 Å². The summed E-state index contributed by atoms with van der Waals surface area (Å²) in [6.45, 7) is 0. The van der Waals surface area contributed by atoms with Crippen molar-refractivity contribution in [3.8, 4) is 5.75 Å². The Morgan fingerprint density at radius 2 is 1.84 bits per heavy atom. The molecular weight excluding hydrogens is 481 g/mol. The SMILES string of the molecule is COc1c(Cl)cc(Cl)cc1/C(O)=C1/C(=O)C(=O)N(c2cccc(Cl)c2)C1c1cccs1. The topological polar surface area (TPSA) is 66.8 Å². The summed E-state index contributed by atoms with van der Waals surface area (Å²) in [6.07, 6.45) is 0. The van der Waals surface area contributed by atoms with Crippen LogP contribution in [0, 0.1) is 0 Å². The van der Waals surface area contributed by atoms with Crippen LogP contribution in [-0.4, -0.2) is 23.9 Å². The van der Waals surface area contributed by atoms with Crippen molar-refractivity contribution >= 4 is 69.3 Å². The largest absolute Gasteiger partial charge is 0.507 e. The van der Waals surface area contributed by atoms with Crippen LogP contribution in [0.5, 0.6) is 5.75 Å². The van der Waals surface area contributed by atoms with Crippen LogP contribution < -0.4 is 9.64 Å². The first kappa shape index (κ1) is 21.7. The van der Waals surface area contributed by atoms with Gasteiger partial charge in [-0.15, -0.1) is 11.3 Å². The Morgan fingerprint density at radius 3 is 2.48 bits per heavy atom. The first-order valence-electron chi connectivity index (χ1n) is 8.97. The van der Waals surface area contributed by atoms with Crippen molar-refractivity contribution in [3.63, 3.8) is 0 Å². The number of hydrogen-bond acceptors (Lipinski definition) is 5. The Hall–Kier alpha value is -2.51. The van der Waals surface area contributed by atoms with E-state index in [-0.39, 0.29) is 26.9 Å². The maximum absolute atomic E-state index is 13.1. The highest BCUT2D eigenvalue weighted by Crippen LogP contribution is 2.46. The van der Waals surface area contributed by atoms with Crippen LogP contribution >= 0.6 is 46.1 Å². The molecule has 1 amide bonds. The van der Waals surface area contributed by atoms with Crippen LogP contribution in [0.1, 0.15) is 16.5 Å². The molecule has 1 N–H and O–H groups in total. The molecule has 1 aliphatic rings. The summed E-state index contributed by atoms with van der Waals surface area (Å²) in [5.74, 6) is -1.91. The molecular formula is C22H14Cl3NO4S. The van der Waals surface area contributed by atoms with E-state index in [1.807, 2.05) is 5.38 Å². The Morgan fingerprint density at radius 1 is 1.06 bits per heavy atom. The Labute approximate surface area is 197 Å². The zero-order chi connectivity index (χ0) is 22.3. The third kappa shape index (κ3) is 3.81. The van der Waals surface area contributed by atoms with Crippen molar-refractivity contribution in [3.05, 3.63) is 85.0 Å². The molecule has 1 saturated heterocycles. The minimum atomic E-state index is -0.860. The monoisotopic (exact) mass is 493 g/mol. The van der Waals surface area contributed by atoms with E-state index in [4.69, 9.17) is 39.5 Å². The summed E-state index contributed by atoms with van der Waals surface area (Å²) < 4.78 is 5.32. The van der Waals surface area contributed by atoms with Crippen LogP contribution in [-0.2, 0) is 9.59 Å². The van der Waals surface area contributed by atoms with E-state index < -0.39 is 23.5 Å². The van der Waals surface area contributed by atoms with Crippen LogP contribution in [0.3, 0.4) is 0 Å². The summed E-state index contributed by atoms with van der Waals surface area (Å²) in [5, 5.41) is 13.9. The second-order valence-corrected chi connectivity index (χ2v) is 8.89. The van der Waals surface area contributed by atoms with Gasteiger partial charge in [-0.25, -0.2) is 0 Å². The van der Waals surface area contributed by atoms with Crippen molar-refractivity contribution in [1.82, 2.24) is 0 Å². The third-order valence-electron chi connectivity index (χ3n) is 4.81. The second kappa shape index (κ2) is 8.55. The lowest BCUT2D eigenvalue weighted by Crippen LogP contribution is -2.29. The number of ketones is 1. The van der Waals surface area contributed by atoms with Gasteiger partial charge in [0.1, 0.15) is 17.6 Å². The van der Waals surface area contributed by atoms with E-state index in [1.54, 1.807) is 36.4 Å². The maximum Gasteiger partial charge on any atom is 0.300 e. The molecule has 0 saturated carbocycles. The van der Waals surface area contributed by atoms with Crippen LogP contribution in [0.2, 0.25) is 15.1 Å². The van der Waals surface area contributed by atoms with Gasteiger partial charge in [-0.05, 0) is 41.8 Å². The van der Waals surface area contributed by atoms with Gasteiger partial charge in [-0.1, -0.05) is 46.9 Å². The number of aliphatic hydroxyl groups is 1. The van der Waals surface area contributed by atoms with Crippen molar-refractivity contribution in [2.45, 2.75) is 6.04 Å². The molecule has 0 bridgehead atoms. The lowest BCUT2D eigenvalue weighted by molar-refractivity contribution is -0.132. The van der Waals surface area contributed by atoms with E-state index in [9.17, 15) is 14.7 Å². The smallest absolute Gasteiger partial charge is 0.300 e. The molecule has 1 aromatic heterocycles. The summed E-state index contributed by atoms with van der Waals surface area (Å²) in [7, 11) is 1.38. The minimum absolute atomic E-state index is 0.0935. The van der Waals surface area contributed by atoms with Crippen LogP contribution in [0.4, 0.5) is 5.69 Å². The Kier molecular flexibility index (Phi) is 5.99. The normalized spacial score (nSPS) is 17.9. The van der Waals surface area contributed by atoms with Gasteiger partial charge in [0.15, 0.2) is 0 Å². The predicted molar refractivity (Wildman–Crippen MR) is 124 cm³/mol. The minimum Gasteiger partial charge on any atom is -0.507 e. The number of amides is 1. The lowest BCUT2D eigenvalue weighted by atomic mass is 9.99. The summed E-state index contributed by atoms with van der Waals surface area (Å²) in [4.78, 5) is 28.2. The highest BCUT2D eigenvalue weighted by Gasteiger charge is 2.47. The number of thiophene rings is 1. The molecule has 1 fully saturated rings. The van der Waals surface area contributed by atoms with Gasteiger partial charge < -0.3 is 9.84 Å². The first-order chi connectivity index (χ1) is 14.8. The number of carbonyl (C=O) groups excluding carboxylic acids is 2. The standard InChI is InChI=1S/C22H14Cl3NO4S/c1-30-21-14(9-12(24)10-15(21)25)19(27)17-18(16-6-3-7-31-16)26(22(29)20(17)28)13-5-2-4-11(23)8-13/h2-10,18,27H,1H3/b19-17-. The molecule has 9 heteroatoms. The molecule has 0 radical (unpaired) electrons. The van der Waals surface area contributed by atoms with Crippen molar-refractivity contribution in [2.75, 3.05) is 12.0 Å². The van der Waals surface area contributed by atoms with Gasteiger partial charge in [0.25, 0.3) is 11.7 Å². The highest BCUT2D eigenvalue weighted by atomic mass is 35.5. The lowest BCUT2D eigenvalue weighted by Gasteiger charge is -2.24. The number of halogens is 3. The number of Topliss-reactive ketones (excluding diaryl/α,β-unsaturated/α-hetero) is 1. The number of methoxy groups -OCH3 is 1. The van der Waals surface area contributed by atoms with E-state index in [0.29, 0.717) is 15.6 Å². The van der Waals surface area contributed by atoms with Gasteiger partial charge in [0, 0.05) is 20.6 Å². The number of aliphatic hydroxyl groups excluding tert-OH is 1. The zero-order valence-corrected chi connectivity index (χ0v) is 19.0. The van der Waals surface area contributed by atoms with Crippen LogP contribution in [0.25, 0.3) is 5.76 Å². The van der Waals surface area contributed by atoms with E-state index in [2.05, 4.69) is 0 Å². The predicted octanol–water partition coefficient (Wildman–Crippen LogP) is 6.34. The molecule has 0 spiro atoms. The Bertz CT molecular complexity index is 1220. The Balaban J connectivity index is 1.99. The van der Waals surface area contributed by atoms with Gasteiger partial charge in [0.05, 0.1) is 23.3 Å². The highest BCUT2D eigenvalue weighted by molar-refractivity contribution is 7.10. The molecule has 158 valence electrons. The molecule has 31 heavy (non-hydrogen) atoms. The molecule has 1 aliphatic heterocycles. The molecule has 3 aromatic rings. The number of benzene rings is 2. The number of carbonyl (C=O) groups is 2. The number of hydrogen-bond donors (Lipinski definition) is 1. The fraction of sp³-hybridized carbons (Fsp3) is 0.0909. The summed E-state index contributed by atoms with van der Waals surface area (Å²) in [5.41, 5.74) is 0.456. The molecule has 1 unspecified atom stereocenters. The molecule has 2 heterocycles. The molecule has 0 aliphatic carbocycles. The molecule has 2 aromatic carbocycles. The van der Waals surface area contributed by atoms with Crippen molar-refractivity contribution in [2.24, 2.45) is 0 Å². The molecule has 1 atom stereocenters. The third-order valence-corrected chi connectivity index (χ3v) is 6.47.